The number of aliphatic hydroxyl groups is 1. The Morgan fingerprint density at radius 2 is 1.41 bits per heavy atom. The molecule has 0 saturated carbocycles. The van der Waals surface area contributed by atoms with E-state index in [9.17, 15) is 9.90 Å². The van der Waals surface area contributed by atoms with Gasteiger partial charge < -0.3 is 9.84 Å². The van der Waals surface area contributed by atoms with Gasteiger partial charge in [-0.05, 0) is 35.6 Å². The predicted molar refractivity (Wildman–Crippen MR) is 126 cm³/mol. The molecule has 1 atom stereocenters. The van der Waals surface area contributed by atoms with E-state index in [1.807, 2.05) is 18.2 Å². The van der Waals surface area contributed by atoms with Crippen LogP contribution < -0.4 is 0 Å². The van der Waals surface area contributed by atoms with Crippen molar-refractivity contribution in [2.45, 2.75) is 25.0 Å². The number of carbonyl (C=O) groups is 1. The summed E-state index contributed by atoms with van der Waals surface area (Å²) in [6, 6.07) is 31.3. The number of esters is 1. The van der Waals surface area contributed by atoms with E-state index in [1.54, 1.807) is 6.92 Å². The first-order valence-electron chi connectivity index (χ1n) is 11.1. The molecule has 0 amide bonds. The zero-order valence-electron chi connectivity index (χ0n) is 18.4. The molecule has 0 bridgehead atoms. The minimum Gasteiger partial charge on any atom is -0.463 e. The maximum Gasteiger partial charge on any atom is 0.330 e. The van der Waals surface area contributed by atoms with Crippen LogP contribution in [0.4, 0.5) is 0 Å². The number of likely N-dealkylation sites (tertiary alicyclic amines) is 1. The molecule has 4 heteroatoms. The molecule has 1 aliphatic heterocycles. The van der Waals surface area contributed by atoms with Crippen molar-refractivity contribution in [1.82, 2.24) is 4.90 Å². The van der Waals surface area contributed by atoms with Crippen LogP contribution in [0, 0.1) is 0 Å². The molecule has 4 nitrogen and oxygen atoms in total. The molecule has 164 valence electrons. The van der Waals surface area contributed by atoms with Crippen LogP contribution in [0.5, 0.6) is 0 Å². The summed E-state index contributed by atoms with van der Waals surface area (Å²) in [6.45, 7) is 3.23. The minimum absolute atomic E-state index is 0.310. The van der Waals surface area contributed by atoms with Crippen LogP contribution in [0.25, 0.3) is 0 Å². The fraction of sp³-hybridized carbons (Fsp3) is 0.250. The quantitative estimate of drug-likeness (QED) is 0.357. The first-order valence-corrected chi connectivity index (χ1v) is 11.1. The smallest absolute Gasteiger partial charge is 0.330 e. The summed E-state index contributed by atoms with van der Waals surface area (Å²) in [6.07, 6.45) is 1.35. The van der Waals surface area contributed by atoms with Gasteiger partial charge in [-0.3, -0.25) is 4.90 Å². The highest BCUT2D eigenvalue weighted by atomic mass is 16.5. The number of rotatable bonds is 6. The number of ether oxygens (including phenoxy) is 1. The lowest BCUT2D eigenvalue weighted by atomic mass is 9.74. The Kier molecular flexibility index (Phi) is 6.84. The van der Waals surface area contributed by atoms with E-state index in [2.05, 4.69) is 77.7 Å². The lowest BCUT2D eigenvalue weighted by Crippen LogP contribution is -2.53. The number of aliphatic hydroxyl groups excluding tert-OH is 1. The third-order valence-corrected chi connectivity index (χ3v) is 6.11. The van der Waals surface area contributed by atoms with Gasteiger partial charge in [0.1, 0.15) is 0 Å². The number of piperidine rings is 1. The highest BCUT2D eigenvalue weighted by Crippen LogP contribution is 2.44. The number of benzene rings is 3. The Labute approximate surface area is 189 Å². The first-order chi connectivity index (χ1) is 15.7. The highest BCUT2D eigenvalue weighted by Gasteiger charge is 2.44. The van der Waals surface area contributed by atoms with Crippen LogP contribution in [-0.4, -0.2) is 41.8 Å². The predicted octanol–water partition coefficient (Wildman–Crippen LogP) is 4.53. The largest absolute Gasteiger partial charge is 0.463 e. The zero-order chi connectivity index (χ0) is 22.4. The Balaban J connectivity index is 1.91. The molecule has 3 aromatic carbocycles. The summed E-state index contributed by atoms with van der Waals surface area (Å²) in [7, 11) is 0. The van der Waals surface area contributed by atoms with Gasteiger partial charge in [-0.25, -0.2) is 4.79 Å². The second-order valence-electron chi connectivity index (χ2n) is 8.01. The minimum atomic E-state index is -0.657. The van der Waals surface area contributed by atoms with Crippen molar-refractivity contribution in [1.29, 1.82) is 0 Å². The van der Waals surface area contributed by atoms with E-state index in [4.69, 9.17) is 4.74 Å². The van der Waals surface area contributed by atoms with Gasteiger partial charge in [0.25, 0.3) is 0 Å². The molecule has 32 heavy (non-hydrogen) atoms. The second-order valence-corrected chi connectivity index (χ2v) is 8.01. The van der Waals surface area contributed by atoms with Crippen LogP contribution in [0.2, 0.25) is 0 Å². The zero-order valence-corrected chi connectivity index (χ0v) is 18.4. The highest BCUT2D eigenvalue weighted by molar-refractivity contribution is 5.83. The van der Waals surface area contributed by atoms with Crippen LogP contribution in [0.1, 0.15) is 30.0 Å². The van der Waals surface area contributed by atoms with Gasteiger partial charge in [-0.1, -0.05) is 91.0 Å². The van der Waals surface area contributed by atoms with E-state index < -0.39 is 17.6 Å². The molecule has 1 saturated heterocycles. The van der Waals surface area contributed by atoms with E-state index in [-0.39, 0.29) is 0 Å². The lowest BCUT2D eigenvalue weighted by molar-refractivity contribution is -0.137. The third kappa shape index (κ3) is 4.24. The summed E-state index contributed by atoms with van der Waals surface area (Å²) in [5.41, 5.74) is 3.54. The molecule has 0 aliphatic carbocycles. The normalized spacial score (nSPS) is 18.4. The van der Waals surface area contributed by atoms with Crippen molar-refractivity contribution in [2.24, 2.45) is 0 Å². The molecule has 0 unspecified atom stereocenters. The summed E-state index contributed by atoms with van der Waals surface area (Å²) in [4.78, 5) is 14.6. The van der Waals surface area contributed by atoms with Crippen molar-refractivity contribution in [3.8, 4) is 0 Å². The average Bonchev–Trinajstić information content (AvgIpc) is 2.84. The van der Waals surface area contributed by atoms with Crippen molar-refractivity contribution in [3.63, 3.8) is 0 Å². The molecule has 0 spiro atoms. The van der Waals surface area contributed by atoms with Gasteiger partial charge in [-0.2, -0.15) is 0 Å². The fourth-order valence-electron chi connectivity index (χ4n) is 4.72. The van der Waals surface area contributed by atoms with Gasteiger partial charge in [0.2, 0.25) is 0 Å². The second kappa shape index (κ2) is 9.94. The van der Waals surface area contributed by atoms with E-state index in [0.717, 1.165) is 16.7 Å². The molecule has 1 fully saturated rings. The summed E-state index contributed by atoms with van der Waals surface area (Å²) >= 11 is 0. The Morgan fingerprint density at radius 3 is 1.84 bits per heavy atom. The van der Waals surface area contributed by atoms with E-state index >= 15 is 0 Å². The standard InChI is InChI=1S/C28H29NO3/c1-2-32-27(31)20-22-21-29(19-18-26(22)30)28(23-12-6-3-7-13-23,24-14-8-4-9-15-24)25-16-10-5-11-17-25/h3-17,20,26,30H,2,18-19,21H2,1H3/b22-20+/t26-/m1/s1. The van der Waals surface area contributed by atoms with E-state index in [1.165, 1.54) is 6.08 Å². The summed E-state index contributed by atoms with van der Waals surface area (Å²) in [5.74, 6) is -0.409. The van der Waals surface area contributed by atoms with Crippen LogP contribution in [0.15, 0.2) is 103 Å². The topological polar surface area (TPSA) is 49.8 Å². The molecule has 0 radical (unpaired) electrons. The van der Waals surface area contributed by atoms with Gasteiger partial charge in [0.15, 0.2) is 0 Å². The molecule has 4 rings (SSSR count). The molecule has 1 N–H and O–H groups in total. The molecule has 3 aromatic rings. The van der Waals surface area contributed by atoms with Gasteiger partial charge in [0, 0.05) is 19.2 Å². The number of nitrogens with zero attached hydrogens (tertiary/aromatic N) is 1. The van der Waals surface area contributed by atoms with Crippen molar-refractivity contribution >= 4 is 5.97 Å². The average molecular weight is 428 g/mol. The fourth-order valence-corrected chi connectivity index (χ4v) is 4.72. The Hall–Kier alpha value is -3.21. The van der Waals surface area contributed by atoms with Crippen LogP contribution in [-0.2, 0) is 15.1 Å². The maximum atomic E-state index is 12.2. The van der Waals surface area contributed by atoms with Gasteiger partial charge >= 0.3 is 5.97 Å². The first kappa shape index (κ1) is 22.0. The number of carbonyl (C=O) groups excluding carboxylic acids is 1. The van der Waals surface area contributed by atoms with Gasteiger partial charge in [-0.15, -0.1) is 0 Å². The summed E-state index contributed by atoms with van der Waals surface area (Å²) < 4.78 is 5.12. The van der Waals surface area contributed by atoms with Gasteiger partial charge in [0.05, 0.1) is 18.2 Å². The number of hydrogen-bond donors (Lipinski definition) is 1. The molecule has 1 aliphatic rings. The molecular formula is C28H29NO3. The van der Waals surface area contributed by atoms with Crippen molar-refractivity contribution in [3.05, 3.63) is 119 Å². The van der Waals surface area contributed by atoms with Crippen molar-refractivity contribution < 1.29 is 14.6 Å². The van der Waals surface area contributed by atoms with Crippen LogP contribution >= 0.6 is 0 Å². The maximum absolute atomic E-state index is 12.2. The van der Waals surface area contributed by atoms with E-state index in [0.29, 0.717) is 31.7 Å². The molecule has 0 aromatic heterocycles. The lowest BCUT2D eigenvalue weighted by Gasteiger charge is -2.48. The Bertz CT molecular complexity index is 951. The Morgan fingerprint density at radius 1 is 0.938 bits per heavy atom. The monoisotopic (exact) mass is 427 g/mol. The summed E-state index contributed by atoms with van der Waals surface area (Å²) in [5, 5.41) is 10.7. The number of hydrogen-bond acceptors (Lipinski definition) is 4. The third-order valence-electron chi connectivity index (χ3n) is 6.11. The molecular weight excluding hydrogens is 398 g/mol. The molecule has 1 heterocycles. The SMILES string of the molecule is CCOC(=O)/C=C1\CN(C(c2ccccc2)(c2ccccc2)c2ccccc2)CC[C@H]1O. The van der Waals surface area contributed by atoms with Crippen molar-refractivity contribution in [2.75, 3.05) is 19.7 Å². The van der Waals surface area contributed by atoms with Crippen LogP contribution in [0.3, 0.4) is 0 Å².